The third-order valence-electron chi connectivity index (χ3n) is 2.53. The molecule has 0 amide bonds. The number of nitrogens with zero attached hydrogens (tertiary/aromatic N) is 3. The SMILES string of the molecule is CC(C)(C)NCc1cccc(F)c1-n1cncn1. The second-order valence-electron chi connectivity index (χ2n) is 5.19. The van der Waals surface area contributed by atoms with E-state index in [2.05, 4.69) is 36.2 Å². The van der Waals surface area contributed by atoms with Crippen molar-refractivity contribution in [2.45, 2.75) is 32.9 Å². The van der Waals surface area contributed by atoms with Gasteiger partial charge in [-0.3, -0.25) is 0 Å². The van der Waals surface area contributed by atoms with Crippen molar-refractivity contribution < 1.29 is 4.39 Å². The monoisotopic (exact) mass is 248 g/mol. The summed E-state index contributed by atoms with van der Waals surface area (Å²) in [5.74, 6) is -0.297. The van der Waals surface area contributed by atoms with Crippen molar-refractivity contribution in [2.24, 2.45) is 0 Å². The van der Waals surface area contributed by atoms with E-state index in [1.54, 1.807) is 6.07 Å². The Morgan fingerprint density at radius 2 is 2.11 bits per heavy atom. The molecule has 0 fully saturated rings. The molecular weight excluding hydrogens is 231 g/mol. The largest absolute Gasteiger partial charge is 0.308 e. The van der Waals surface area contributed by atoms with Crippen LogP contribution in [0.3, 0.4) is 0 Å². The van der Waals surface area contributed by atoms with Gasteiger partial charge in [-0.15, -0.1) is 0 Å². The van der Waals surface area contributed by atoms with Crippen LogP contribution in [0.5, 0.6) is 0 Å². The summed E-state index contributed by atoms with van der Waals surface area (Å²) in [6.07, 6.45) is 2.90. The van der Waals surface area contributed by atoms with E-state index in [0.717, 1.165) is 5.56 Å². The number of hydrogen-bond donors (Lipinski definition) is 1. The number of benzene rings is 1. The number of aromatic nitrogens is 3. The Morgan fingerprint density at radius 1 is 1.33 bits per heavy atom. The zero-order chi connectivity index (χ0) is 13.2. The van der Waals surface area contributed by atoms with Gasteiger partial charge in [0.05, 0.1) is 0 Å². The fourth-order valence-electron chi connectivity index (χ4n) is 1.64. The summed E-state index contributed by atoms with van der Waals surface area (Å²) < 4.78 is 15.4. The third kappa shape index (κ3) is 2.92. The topological polar surface area (TPSA) is 42.7 Å². The molecule has 1 aromatic heterocycles. The first-order chi connectivity index (χ1) is 8.47. The molecule has 96 valence electrons. The maximum absolute atomic E-state index is 13.9. The van der Waals surface area contributed by atoms with Crippen molar-refractivity contribution in [1.29, 1.82) is 0 Å². The Hall–Kier alpha value is -1.75. The molecule has 0 aliphatic rings. The van der Waals surface area contributed by atoms with Crippen molar-refractivity contribution in [1.82, 2.24) is 20.1 Å². The minimum Gasteiger partial charge on any atom is -0.308 e. The molecule has 1 aromatic carbocycles. The van der Waals surface area contributed by atoms with Crippen molar-refractivity contribution in [3.63, 3.8) is 0 Å². The second kappa shape index (κ2) is 4.86. The molecule has 0 saturated heterocycles. The predicted octanol–water partition coefficient (Wildman–Crippen LogP) is 2.29. The number of para-hydroxylation sites is 1. The predicted molar refractivity (Wildman–Crippen MR) is 67.9 cm³/mol. The summed E-state index contributed by atoms with van der Waals surface area (Å²) >= 11 is 0. The van der Waals surface area contributed by atoms with E-state index in [0.29, 0.717) is 12.2 Å². The lowest BCUT2D eigenvalue weighted by Crippen LogP contribution is -2.35. The molecule has 0 saturated carbocycles. The van der Waals surface area contributed by atoms with E-state index in [-0.39, 0.29) is 11.4 Å². The van der Waals surface area contributed by atoms with E-state index < -0.39 is 0 Å². The van der Waals surface area contributed by atoms with Crippen LogP contribution in [-0.2, 0) is 6.54 Å². The molecule has 2 rings (SSSR count). The number of halogens is 1. The normalized spacial score (nSPS) is 11.8. The third-order valence-corrected chi connectivity index (χ3v) is 2.53. The van der Waals surface area contributed by atoms with E-state index in [4.69, 9.17) is 0 Å². The molecule has 4 nitrogen and oxygen atoms in total. The summed E-state index contributed by atoms with van der Waals surface area (Å²) in [4.78, 5) is 3.85. The number of rotatable bonds is 3. The van der Waals surface area contributed by atoms with Crippen LogP contribution in [0.25, 0.3) is 5.69 Å². The summed E-state index contributed by atoms with van der Waals surface area (Å²) in [7, 11) is 0. The average molecular weight is 248 g/mol. The molecule has 18 heavy (non-hydrogen) atoms. The first-order valence-corrected chi connectivity index (χ1v) is 5.85. The molecule has 1 heterocycles. The summed E-state index contributed by atoms with van der Waals surface area (Å²) in [5.41, 5.74) is 1.29. The Labute approximate surface area is 106 Å². The maximum atomic E-state index is 13.9. The minimum absolute atomic E-state index is 0.0219. The van der Waals surface area contributed by atoms with Crippen LogP contribution in [0.15, 0.2) is 30.9 Å². The first kappa shape index (κ1) is 12.7. The Balaban J connectivity index is 2.33. The lowest BCUT2D eigenvalue weighted by molar-refractivity contribution is 0.423. The molecule has 2 aromatic rings. The zero-order valence-corrected chi connectivity index (χ0v) is 10.8. The molecule has 5 heteroatoms. The van der Waals surface area contributed by atoms with E-state index in [1.807, 2.05) is 6.07 Å². The van der Waals surface area contributed by atoms with E-state index in [1.165, 1.54) is 23.4 Å². The fourth-order valence-corrected chi connectivity index (χ4v) is 1.64. The van der Waals surface area contributed by atoms with E-state index >= 15 is 0 Å². The van der Waals surface area contributed by atoms with Gasteiger partial charge in [0.15, 0.2) is 0 Å². The molecule has 0 radical (unpaired) electrons. The van der Waals surface area contributed by atoms with Gasteiger partial charge in [0.2, 0.25) is 0 Å². The van der Waals surface area contributed by atoms with E-state index in [9.17, 15) is 4.39 Å². The van der Waals surface area contributed by atoms with Gasteiger partial charge in [-0.1, -0.05) is 12.1 Å². The summed E-state index contributed by atoms with van der Waals surface area (Å²) in [6.45, 7) is 6.79. The van der Waals surface area contributed by atoms with Crippen molar-refractivity contribution in [3.8, 4) is 5.69 Å². The summed E-state index contributed by atoms with van der Waals surface area (Å²) in [5, 5.41) is 7.33. The van der Waals surface area contributed by atoms with Crippen LogP contribution in [0, 0.1) is 5.82 Å². The van der Waals surface area contributed by atoms with Crippen LogP contribution in [0.4, 0.5) is 4.39 Å². The zero-order valence-electron chi connectivity index (χ0n) is 10.8. The lowest BCUT2D eigenvalue weighted by Gasteiger charge is -2.21. The molecule has 0 aliphatic carbocycles. The van der Waals surface area contributed by atoms with Gasteiger partial charge in [-0.25, -0.2) is 14.1 Å². The van der Waals surface area contributed by atoms with Gasteiger partial charge in [0.1, 0.15) is 24.2 Å². The Bertz CT molecular complexity index is 514. The summed E-state index contributed by atoms with van der Waals surface area (Å²) in [6, 6.07) is 5.02. The Kier molecular flexibility index (Phi) is 3.43. The van der Waals surface area contributed by atoms with Crippen molar-refractivity contribution in [3.05, 3.63) is 42.2 Å². The minimum atomic E-state index is -0.297. The average Bonchev–Trinajstić information content (AvgIpc) is 2.78. The van der Waals surface area contributed by atoms with Crippen LogP contribution in [-0.4, -0.2) is 20.3 Å². The number of nitrogens with one attached hydrogen (secondary N) is 1. The molecule has 0 aliphatic heterocycles. The molecule has 0 spiro atoms. The van der Waals surface area contributed by atoms with Gasteiger partial charge in [0, 0.05) is 12.1 Å². The van der Waals surface area contributed by atoms with Gasteiger partial charge in [-0.05, 0) is 32.4 Å². The molecular formula is C13H17FN4. The molecule has 1 N–H and O–H groups in total. The highest BCUT2D eigenvalue weighted by atomic mass is 19.1. The number of hydrogen-bond acceptors (Lipinski definition) is 3. The Morgan fingerprint density at radius 3 is 2.72 bits per heavy atom. The van der Waals surface area contributed by atoms with Gasteiger partial charge in [0.25, 0.3) is 0 Å². The maximum Gasteiger partial charge on any atom is 0.149 e. The molecule has 0 atom stereocenters. The first-order valence-electron chi connectivity index (χ1n) is 5.85. The van der Waals surface area contributed by atoms with Gasteiger partial charge < -0.3 is 5.32 Å². The van der Waals surface area contributed by atoms with Crippen molar-refractivity contribution in [2.75, 3.05) is 0 Å². The van der Waals surface area contributed by atoms with Crippen LogP contribution >= 0.6 is 0 Å². The van der Waals surface area contributed by atoms with Crippen LogP contribution in [0.1, 0.15) is 26.3 Å². The quantitative estimate of drug-likeness (QED) is 0.906. The van der Waals surface area contributed by atoms with Gasteiger partial charge in [-0.2, -0.15) is 5.10 Å². The fraction of sp³-hybridized carbons (Fsp3) is 0.385. The highest BCUT2D eigenvalue weighted by Gasteiger charge is 2.14. The van der Waals surface area contributed by atoms with Crippen LogP contribution in [0.2, 0.25) is 0 Å². The highest BCUT2D eigenvalue weighted by molar-refractivity contribution is 5.41. The van der Waals surface area contributed by atoms with Crippen LogP contribution < -0.4 is 5.32 Å². The standard InChI is InChI=1S/C13H17FN4/c1-13(2,3)16-7-10-5-4-6-11(14)12(10)18-9-15-8-17-18/h4-6,8-9,16H,7H2,1-3H3. The highest BCUT2D eigenvalue weighted by Crippen LogP contribution is 2.18. The smallest absolute Gasteiger partial charge is 0.149 e. The second-order valence-corrected chi connectivity index (χ2v) is 5.19. The molecule has 0 bridgehead atoms. The van der Waals surface area contributed by atoms with Gasteiger partial charge >= 0.3 is 0 Å². The van der Waals surface area contributed by atoms with Crippen molar-refractivity contribution >= 4 is 0 Å². The lowest BCUT2D eigenvalue weighted by atomic mass is 10.1. The molecule has 0 unspecified atom stereocenters.